The van der Waals surface area contributed by atoms with Gasteiger partial charge in [-0.05, 0) is 22.9 Å². The molecule has 0 radical (unpaired) electrons. The zero-order valence-corrected chi connectivity index (χ0v) is 16.9. The van der Waals surface area contributed by atoms with Gasteiger partial charge < -0.3 is 9.80 Å². The van der Waals surface area contributed by atoms with Crippen molar-refractivity contribution in [3.8, 4) is 0 Å². The van der Waals surface area contributed by atoms with Crippen LogP contribution in [0.5, 0.6) is 0 Å². The van der Waals surface area contributed by atoms with Crippen molar-refractivity contribution in [1.82, 2.24) is 19.8 Å². The zero-order valence-electron chi connectivity index (χ0n) is 16.9. The van der Waals surface area contributed by atoms with Gasteiger partial charge in [0, 0.05) is 50.4 Å². The summed E-state index contributed by atoms with van der Waals surface area (Å²) >= 11 is 0. The van der Waals surface area contributed by atoms with Crippen molar-refractivity contribution in [2.75, 3.05) is 27.2 Å². The fourth-order valence-corrected chi connectivity index (χ4v) is 3.44. The smallest absolute Gasteiger partial charge is 0.272 e. The second-order valence-corrected chi connectivity index (χ2v) is 7.21. The summed E-state index contributed by atoms with van der Waals surface area (Å²) in [5.74, 6) is -0.341. The third-order valence-electron chi connectivity index (χ3n) is 5.22. The van der Waals surface area contributed by atoms with Crippen molar-refractivity contribution in [3.05, 3.63) is 84.4 Å². The molecule has 6 heteroatoms. The fraction of sp³-hybridized carbons (Fsp3) is 0.167. The van der Waals surface area contributed by atoms with Crippen LogP contribution in [0.15, 0.2) is 73.1 Å². The monoisotopic (exact) mass is 398 g/mol. The Kier molecular flexibility index (Phi) is 5.39. The van der Waals surface area contributed by atoms with Crippen LogP contribution in [0.4, 0.5) is 0 Å². The molecule has 0 saturated heterocycles. The summed E-state index contributed by atoms with van der Waals surface area (Å²) in [5.41, 5.74) is 0.834. The van der Waals surface area contributed by atoms with Crippen molar-refractivity contribution in [2.24, 2.45) is 0 Å². The highest BCUT2D eigenvalue weighted by atomic mass is 16.2. The minimum Gasteiger partial charge on any atom is -0.339 e. The molecule has 0 unspecified atom stereocenters. The first-order chi connectivity index (χ1) is 14.6. The molecular formula is C24H22N4O2. The first kappa shape index (κ1) is 19.5. The van der Waals surface area contributed by atoms with Crippen LogP contribution in [0.3, 0.4) is 0 Å². The van der Waals surface area contributed by atoms with Gasteiger partial charge in [0.1, 0.15) is 11.4 Å². The van der Waals surface area contributed by atoms with Crippen LogP contribution in [0, 0.1) is 0 Å². The maximum atomic E-state index is 12.9. The number of fused-ring (bicyclic) bond motifs is 2. The van der Waals surface area contributed by atoms with Gasteiger partial charge >= 0.3 is 0 Å². The molecule has 0 aliphatic heterocycles. The fourth-order valence-electron chi connectivity index (χ4n) is 3.44. The number of amides is 2. The Morgan fingerprint density at radius 2 is 1.07 bits per heavy atom. The molecule has 6 nitrogen and oxygen atoms in total. The second kappa shape index (κ2) is 8.29. The molecule has 0 aliphatic rings. The summed E-state index contributed by atoms with van der Waals surface area (Å²) in [6, 6.07) is 19.1. The lowest BCUT2D eigenvalue weighted by Gasteiger charge is -2.22. The Bertz CT molecular complexity index is 1130. The topological polar surface area (TPSA) is 66.4 Å². The number of rotatable bonds is 5. The van der Waals surface area contributed by atoms with Crippen molar-refractivity contribution >= 4 is 33.4 Å². The van der Waals surface area contributed by atoms with Crippen molar-refractivity contribution in [3.63, 3.8) is 0 Å². The Morgan fingerprint density at radius 1 is 0.667 bits per heavy atom. The highest BCUT2D eigenvalue weighted by molar-refractivity contribution is 6.06. The summed E-state index contributed by atoms with van der Waals surface area (Å²) in [5, 5.41) is 3.58. The molecular weight excluding hydrogens is 376 g/mol. The molecule has 4 rings (SSSR count). The predicted octanol–water partition coefficient (Wildman–Crippen LogP) is 3.63. The Hall–Kier alpha value is -3.80. The first-order valence-electron chi connectivity index (χ1n) is 9.74. The quantitative estimate of drug-likeness (QED) is 0.515. The lowest BCUT2D eigenvalue weighted by molar-refractivity contribution is 0.0715. The second-order valence-electron chi connectivity index (χ2n) is 7.21. The van der Waals surface area contributed by atoms with Crippen molar-refractivity contribution in [1.29, 1.82) is 0 Å². The summed E-state index contributed by atoms with van der Waals surface area (Å²) in [4.78, 5) is 37.6. The van der Waals surface area contributed by atoms with Gasteiger partial charge in [-0.2, -0.15) is 0 Å². The van der Waals surface area contributed by atoms with Crippen LogP contribution in [0.2, 0.25) is 0 Å². The summed E-state index contributed by atoms with van der Waals surface area (Å²) < 4.78 is 0. The minimum absolute atomic E-state index is 0.170. The molecule has 0 spiro atoms. The molecule has 30 heavy (non-hydrogen) atoms. The van der Waals surface area contributed by atoms with E-state index in [4.69, 9.17) is 0 Å². The molecule has 2 aromatic heterocycles. The molecule has 150 valence electrons. The lowest BCUT2D eigenvalue weighted by Crippen LogP contribution is -2.38. The highest BCUT2D eigenvalue weighted by Gasteiger charge is 2.19. The average Bonchev–Trinajstić information content (AvgIpc) is 2.80. The van der Waals surface area contributed by atoms with Gasteiger partial charge in [0.05, 0.1) is 0 Å². The van der Waals surface area contributed by atoms with Gasteiger partial charge in [0.15, 0.2) is 0 Å². The van der Waals surface area contributed by atoms with E-state index in [-0.39, 0.29) is 11.8 Å². The van der Waals surface area contributed by atoms with Gasteiger partial charge in [0.2, 0.25) is 0 Å². The van der Waals surface area contributed by atoms with E-state index in [0.717, 1.165) is 21.5 Å². The van der Waals surface area contributed by atoms with Gasteiger partial charge in [-0.15, -0.1) is 0 Å². The third kappa shape index (κ3) is 3.72. The van der Waals surface area contributed by atoms with Crippen LogP contribution >= 0.6 is 0 Å². The molecule has 0 N–H and O–H groups in total. The van der Waals surface area contributed by atoms with Crippen LogP contribution in [0.1, 0.15) is 21.0 Å². The summed E-state index contributed by atoms with van der Waals surface area (Å²) in [6.07, 6.45) is 3.29. The number of aromatic nitrogens is 2. The van der Waals surface area contributed by atoms with Crippen LogP contribution in [-0.2, 0) is 0 Å². The molecule has 2 amide bonds. The lowest BCUT2D eigenvalue weighted by atomic mass is 10.1. The van der Waals surface area contributed by atoms with Crippen molar-refractivity contribution in [2.45, 2.75) is 0 Å². The van der Waals surface area contributed by atoms with Gasteiger partial charge in [0.25, 0.3) is 11.8 Å². The predicted molar refractivity (Wildman–Crippen MR) is 117 cm³/mol. The molecule has 0 saturated carbocycles. The molecule has 0 bridgehead atoms. The molecule has 4 aromatic rings. The van der Waals surface area contributed by atoms with E-state index in [1.54, 1.807) is 36.3 Å². The van der Waals surface area contributed by atoms with E-state index in [0.29, 0.717) is 24.5 Å². The normalized spacial score (nSPS) is 10.9. The summed E-state index contributed by atoms with van der Waals surface area (Å²) in [7, 11) is 3.44. The summed E-state index contributed by atoms with van der Waals surface area (Å²) in [6.45, 7) is 0.771. The van der Waals surface area contributed by atoms with Crippen molar-refractivity contribution < 1.29 is 9.59 Å². The number of likely N-dealkylation sites (N-methyl/N-ethyl adjacent to an activating group) is 2. The molecule has 0 fully saturated rings. The SMILES string of the molecule is CN(CCN(C)C(=O)c1nccc2ccccc12)C(=O)c1nccc2ccccc12. The number of benzene rings is 2. The Morgan fingerprint density at radius 3 is 1.50 bits per heavy atom. The number of carbonyl (C=O) groups excluding carboxylic acids is 2. The van der Waals surface area contributed by atoms with Gasteiger partial charge in [-0.1, -0.05) is 48.5 Å². The van der Waals surface area contributed by atoms with Crippen LogP contribution in [0.25, 0.3) is 21.5 Å². The first-order valence-corrected chi connectivity index (χ1v) is 9.74. The van der Waals surface area contributed by atoms with E-state index < -0.39 is 0 Å². The largest absolute Gasteiger partial charge is 0.339 e. The molecule has 2 heterocycles. The maximum Gasteiger partial charge on any atom is 0.272 e. The standard InChI is InChI=1S/C24H22N4O2/c1-27(23(29)21-19-9-5-3-7-17(19)11-13-25-21)15-16-28(2)24(30)22-20-10-6-4-8-18(20)12-14-26-22/h3-14H,15-16H2,1-2H3. The van der Waals surface area contributed by atoms with Crippen LogP contribution in [-0.4, -0.2) is 58.8 Å². The number of hydrogen-bond acceptors (Lipinski definition) is 4. The number of pyridine rings is 2. The van der Waals surface area contributed by atoms with Gasteiger partial charge in [-0.3, -0.25) is 19.6 Å². The van der Waals surface area contributed by atoms with E-state index in [1.807, 2.05) is 60.7 Å². The average molecular weight is 398 g/mol. The van der Waals surface area contributed by atoms with Gasteiger partial charge in [-0.25, -0.2) is 0 Å². The Labute approximate surface area is 174 Å². The van der Waals surface area contributed by atoms with E-state index in [2.05, 4.69) is 9.97 Å². The maximum absolute atomic E-state index is 12.9. The minimum atomic E-state index is -0.170. The molecule has 0 atom stereocenters. The highest BCUT2D eigenvalue weighted by Crippen LogP contribution is 2.19. The number of carbonyl (C=O) groups is 2. The van der Waals surface area contributed by atoms with Crippen LogP contribution < -0.4 is 0 Å². The molecule has 0 aliphatic carbocycles. The molecule has 2 aromatic carbocycles. The van der Waals surface area contributed by atoms with E-state index in [1.165, 1.54) is 0 Å². The number of hydrogen-bond donors (Lipinski definition) is 0. The van der Waals surface area contributed by atoms with E-state index in [9.17, 15) is 9.59 Å². The number of nitrogens with zero attached hydrogens (tertiary/aromatic N) is 4. The Balaban J connectivity index is 1.47. The third-order valence-corrected chi connectivity index (χ3v) is 5.22. The van der Waals surface area contributed by atoms with E-state index >= 15 is 0 Å². The zero-order chi connectivity index (χ0) is 21.1.